The Morgan fingerprint density at radius 3 is 2.62 bits per heavy atom. The molecular formula is C17H17BrN4O3S. The molecule has 0 aliphatic carbocycles. The Kier molecular flexibility index (Phi) is 5.01. The van der Waals surface area contributed by atoms with E-state index >= 15 is 0 Å². The third kappa shape index (κ3) is 3.58. The Balaban J connectivity index is 2.07. The van der Waals surface area contributed by atoms with E-state index in [0.717, 1.165) is 11.4 Å². The molecule has 0 aliphatic heterocycles. The molecular weight excluding hydrogens is 420 g/mol. The van der Waals surface area contributed by atoms with Crippen LogP contribution in [0.25, 0.3) is 5.82 Å². The van der Waals surface area contributed by atoms with Crippen molar-refractivity contribution in [3.8, 4) is 11.6 Å². The molecule has 0 fully saturated rings. The molecule has 1 aromatic carbocycles. The van der Waals surface area contributed by atoms with Crippen LogP contribution in [0.3, 0.4) is 0 Å². The Hall–Kier alpha value is -2.39. The van der Waals surface area contributed by atoms with Crippen molar-refractivity contribution in [2.75, 3.05) is 11.8 Å². The molecule has 3 aromatic rings. The largest absolute Gasteiger partial charge is 0.495 e. The topological polar surface area (TPSA) is 86.1 Å². The number of hydrogen-bond donors (Lipinski definition) is 1. The first-order chi connectivity index (χ1) is 12.3. The fourth-order valence-corrected chi connectivity index (χ4v) is 4.32. The molecule has 0 saturated heterocycles. The molecule has 0 saturated carbocycles. The summed E-state index contributed by atoms with van der Waals surface area (Å²) >= 11 is 3.29. The van der Waals surface area contributed by atoms with Crippen LogP contribution < -0.4 is 9.46 Å². The summed E-state index contributed by atoms with van der Waals surface area (Å²) in [5.74, 6) is 0.646. The lowest BCUT2D eigenvalue weighted by molar-refractivity contribution is 0.403. The van der Waals surface area contributed by atoms with Crippen molar-refractivity contribution in [2.24, 2.45) is 0 Å². The van der Waals surface area contributed by atoms with Crippen molar-refractivity contribution < 1.29 is 13.2 Å². The second-order valence-electron chi connectivity index (χ2n) is 5.61. The number of sulfonamides is 1. The monoisotopic (exact) mass is 436 g/mol. The van der Waals surface area contributed by atoms with E-state index in [1.165, 1.54) is 13.2 Å². The van der Waals surface area contributed by atoms with Crippen LogP contribution in [-0.4, -0.2) is 30.3 Å². The van der Waals surface area contributed by atoms with Gasteiger partial charge in [-0.3, -0.25) is 4.72 Å². The van der Waals surface area contributed by atoms with Crippen LogP contribution in [0.2, 0.25) is 0 Å². The average molecular weight is 437 g/mol. The molecule has 0 atom stereocenters. The van der Waals surface area contributed by atoms with Crippen molar-refractivity contribution in [3.63, 3.8) is 0 Å². The van der Waals surface area contributed by atoms with Gasteiger partial charge in [0.25, 0.3) is 10.0 Å². The Labute approximate surface area is 160 Å². The second kappa shape index (κ2) is 7.08. The van der Waals surface area contributed by atoms with Gasteiger partial charge in [-0.25, -0.2) is 18.1 Å². The van der Waals surface area contributed by atoms with Gasteiger partial charge in [0.05, 0.1) is 18.5 Å². The molecule has 2 heterocycles. The van der Waals surface area contributed by atoms with Gasteiger partial charge in [0.15, 0.2) is 5.82 Å². The summed E-state index contributed by atoms with van der Waals surface area (Å²) in [5.41, 5.74) is 1.98. The molecule has 26 heavy (non-hydrogen) atoms. The summed E-state index contributed by atoms with van der Waals surface area (Å²) in [7, 11) is -2.48. The number of nitrogens with zero attached hydrogens (tertiary/aromatic N) is 3. The van der Waals surface area contributed by atoms with Gasteiger partial charge in [-0.1, -0.05) is 15.9 Å². The first-order valence-electron chi connectivity index (χ1n) is 7.67. The predicted molar refractivity (Wildman–Crippen MR) is 102 cm³/mol. The highest BCUT2D eigenvalue weighted by Crippen LogP contribution is 2.30. The van der Waals surface area contributed by atoms with Gasteiger partial charge < -0.3 is 4.74 Å². The van der Waals surface area contributed by atoms with Crippen LogP contribution in [0, 0.1) is 13.8 Å². The number of nitrogens with one attached hydrogen (secondary N) is 1. The van der Waals surface area contributed by atoms with Gasteiger partial charge in [0.2, 0.25) is 0 Å². The maximum atomic E-state index is 12.9. The van der Waals surface area contributed by atoms with Crippen LogP contribution in [0.4, 0.5) is 5.69 Å². The smallest absolute Gasteiger partial charge is 0.265 e. The number of aryl methyl sites for hydroxylation is 2. The molecule has 0 spiro atoms. The minimum absolute atomic E-state index is 0.0255. The summed E-state index contributed by atoms with van der Waals surface area (Å²) in [6.07, 6.45) is 1.59. The van der Waals surface area contributed by atoms with Crippen molar-refractivity contribution in [2.45, 2.75) is 18.7 Å². The molecule has 9 heteroatoms. The summed E-state index contributed by atoms with van der Waals surface area (Å²) in [6.45, 7) is 3.74. The third-order valence-electron chi connectivity index (χ3n) is 3.66. The fourth-order valence-electron chi connectivity index (χ4n) is 2.55. The average Bonchev–Trinajstić information content (AvgIpc) is 2.93. The minimum atomic E-state index is -3.90. The van der Waals surface area contributed by atoms with Gasteiger partial charge >= 0.3 is 0 Å². The van der Waals surface area contributed by atoms with Crippen LogP contribution in [-0.2, 0) is 10.0 Å². The van der Waals surface area contributed by atoms with Gasteiger partial charge in [-0.15, -0.1) is 0 Å². The Bertz CT molecular complexity index is 1060. The lowest BCUT2D eigenvalue weighted by Crippen LogP contribution is -2.17. The van der Waals surface area contributed by atoms with Crippen molar-refractivity contribution in [3.05, 3.63) is 58.5 Å². The minimum Gasteiger partial charge on any atom is -0.495 e. The third-order valence-corrected chi connectivity index (χ3v) is 5.54. The Morgan fingerprint density at radius 1 is 1.19 bits per heavy atom. The van der Waals surface area contributed by atoms with Crippen molar-refractivity contribution >= 4 is 31.6 Å². The van der Waals surface area contributed by atoms with Crippen LogP contribution in [0.15, 0.2) is 52.0 Å². The van der Waals surface area contributed by atoms with E-state index in [2.05, 4.69) is 30.7 Å². The van der Waals surface area contributed by atoms with E-state index in [-0.39, 0.29) is 10.6 Å². The highest BCUT2D eigenvalue weighted by Gasteiger charge is 2.22. The van der Waals surface area contributed by atoms with Crippen LogP contribution in [0.5, 0.6) is 5.75 Å². The maximum Gasteiger partial charge on any atom is 0.265 e. The lowest BCUT2D eigenvalue weighted by Gasteiger charge is -2.14. The number of methoxy groups -OCH3 is 1. The summed E-state index contributed by atoms with van der Waals surface area (Å²) in [4.78, 5) is 4.32. The van der Waals surface area contributed by atoms with E-state index in [4.69, 9.17) is 4.74 Å². The highest BCUT2D eigenvalue weighted by atomic mass is 79.9. The van der Waals surface area contributed by atoms with Crippen LogP contribution in [0.1, 0.15) is 11.4 Å². The summed E-state index contributed by atoms with van der Waals surface area (Å²) in [5, 5.41) is 4.38. The van der Waals surface area contributed by atoms with Crippen molar-refractivity contribution in [1.82, 2.24) is 14.8 Å². The van der Waals surface area contributed by atoms with Gasteiger partial charge in [0.1, 0.15) is 10.6 Å². The number of rotatable bonds is 5. The van der Waals surface area contributed by atoms with E-state index < -0.39 is 10.0 Å². The summed E-state index contributed by atoms with van der Waals surface area (Å²) < 4.78 is 35.9. The maximum absolute atomic E-state index is 12.9. The predicted octanol–water partition coefficient (Wildman–Crippen LogP) is 3.46. The first-order valence-corrected chi connectivity index (χ1v) is 9.94. The normalized spacial score (nSPS) is 11.4. The van der Waals surface area contributed by atoms with E-state index in [1.54, 1.807) is 35.1 Å². The van der Waals surface area contributed by atoms with Crippen molar-refractivity contribution in [1.29, 1.82) is 0 Å². The second-order valence-corrected chi connectivity index (χ2v) is 8.18. The van der Waals surface area contributed by atoms with Gasteiger partial charge in [-0.05, 0) is 50.2 Å². The van der Waals surface area contributed by atoms with Crippen LogP contribution >= 0.6 is 15.9 Å². The number of halogens is 1. The molecule has 0 amide bonds. The SMILES string of the molecule is COc1ccc(Br)cc1S(=O)(=O)Nc1cccnc1-n1nc(C)cc1C. The molecule has 2 aromatic heterocycles. The number of hydrogen-bond acceptors (Lipinski definition) is 5. The molecule has 0 aliphatic rings. The molecule has 0 bridgehead atoms. The molecule has 1 N–H and O–H groups in total. The molecule has 0 unspecified atom stereocenters. The molecule has 0 radical (unpaired) electrons. The van der Waals surface area contributed by atoms with E-state index in [1.807, 2.05) is 19.9 Å². The number of ether oxygens (including phenoxy) is 1. The zero-order valence-electron chi connectivity index (χ0n) is 14.4. The molecule has 3 rings (SSSR count). The summed E-state index contributed by atoms with van der Waals surface area (Å²) in [6, 6.07) is 9.98. The standard InChI is InChI=1S/C17H17BrN4O3S/c1-11-9-12(2)22(20-11)17-14(5-4-8-19-17)21-26(23,24)16-10-13(18)6-7-15(16)25-3/h4-10,21H,1-3H3. The van der Waals surface area contributed by atoms with E-state index in [9.17, 15) is 8.42 Å². The highest BCUT2D eigenvalue weighted by molar-refractivity contribution is 9.10. The molecule has 7 nitrogen and oxygen atoms in total. The number of anilines is 1. The zero-order chi connectivity index (χ0) is 18.9. The molecule has 136 valence electrons. The number of aromatic nitrogens is 3. The quantitative estimate of drug-likeness (QED) is 0.661. The first kappa shape index (κ1) is 18.4. The number of pyridine rings is 1. The number of benzene rings is 1. The van der Waals surface area contributed by atoms with Gasteiger partial charge in [0, 0.05) is 16.4 Å². The lowest BCUT2D eigenvalue weighted by atomic mass is 10.3. The van der Waals surface area contributed by atoms with Gasteiger partial charge in [-0.2, -0.15) is 5.10 Å². The fraction of sp³-hybridized carbons (Fsp3) is 0.176. The Morgan fingerprint density at radius 2 is 1.96 bits per heavy atom. The zero-order valence-corrected chi connectivity index (χ0v) is 16.8. The van der Waals surface area contributed by atoms with E-state index in [0.29, 0.717) is 16.0 Å².